The molecule has 2 heteroatoms. The molecule has 1 aliphatic rings. The Bertz CT molecular complexity index is 421. The zero-order chi connectivity index (χ0) is 13.3. The topological polar surface area (TPSA) is 32.3 Å². The first kappa shape index (κ1) is 13.6. The van der Waals surface area contributed by atoms with Crippen LogP contribution in [0.3, 0.4) is 0 Å². The molecule has 2 N–H and O–H groups in total. The second kappa shape index (κ2) is 5.02. The van der Waals surface area contributed by atoms with E-state index in [1.807, 2.05) is 0 Å². The van der Waals surface area contributed by atoms with Gasteiger partial charge >= 0.3 is 0 Å². The lowest BCUT2D eigenvalue weighted by atomic mass is 9.94. The molecule has 1 aromatic rings. The van der Waals surface area contributed by atoms with Crippen LogP contribution in [0.25, 0.3) is 0 Å². The Morgan fingerprint density at radius 1 is 1.11 bits per heavy atom. The Kier molecular flexibility index (Phi) is 3.79. The first-order valence-corrected chi connectivity index (χ1v) is 6.87. The van der Waals surface area contributed by atoms with Crippen LogP contribution in [-0.2, 0) is 6.54 Å². The van der Waals surface area contributed by atoms with Gasteiger partial charge in [-0.1, -0.05) is 6.07 Å². The minimum Gasteiger partial charge on any atom is -0.396 e. The van der Waals surface area contributed by atoms with Crippen LogP contribution in [0.1, 0.15) is 40.7 Å². The number of aliphatic hydroxyl groups is 1. The van der Waals surface area contributed by atoms with Gasteiger partial charge in [0.05, 0.1) is 0 Å². The van der Waals surface area contributed by atoms with Gasteiger partial charge in [-0.05, 0) is 68.4 Å². The van der Waals surface area contributed by atoms with Crippen molar-refractivity contribution >= 4 is 0 Å². The lowest BCUT2D eigenvalue weighted by Crippen LogP contribution is -2.26. The molecule has 18 heavy (non-hydrogen) atoms. The van der Waals surface area contributed by atoms with Crippen molar-refractivity contribution in [3.05, 3.63) is 33.9 Å². The number of hydrogen-bond donors (Lipinski definition) is 2. The molecule has 0 bridgehead atoms. The zero-order valence-corrected chi connectivity index (χ0v) is 12.1. The maximum absolute atomic E-state index is 9.31. The van der Waals surface area contributed by atoms with Crippen molar-refractivity contribution in [1.82, 2.24) is 5.32 Å². The molecule has 0 unspecified atom stereocenters. The Hall–Kier alpha value is -0.860. The minimum absolute atomic E-state index is 0.195. The van der Waals surface area contributed by atoms with Gasteiger partial charge in [0.1, 0.15) is 0 Å². The highest BCUT2D eigenvalue weighted by Crippen LogP contribution is 2.44. The van der Waals surface area contributed by atoms with Crippen LogP contribution in [0.4, 0.5) is 0 Å². The fourth-order valence-corrected chi connectivity index (χ4v) is 2.58. The van der Waals surface area contributed by atoms with Gasteiger partial charge in [0, 0.05) is 25.1 Å². The standard InChI is InChI=1S/C16H25NO/c1-11-7-12(2)14(4)15(13(11)3)8-17-9-16(10-18)5-6-16/h7,17-18H,5-6,8-10H2,1-4H3. The van der Waals surface area contributed by atoms with Crippen molar-refractivity contribution in [2.75, 3.05) is 13.2 Å². The van der Waals surface area contributed by atoms with Crippen LogP contribution in [0.15, 0.2) is 6.07 Å². The van der Waals surface area contributed by atoms with Crippen LogP contribution in [0.2, 0.25) is 0 Å². The van der Waals surface area contributed by atoms with Crippen molar-refractivity contribution < 1.29 is 5.11 Å². The van der Waals surface area contributed by atoms with E-state index in [9.17, 15) is 5.11 Å². The highest BCUT2D eigenvalue weighted by Gasteiger charge is 2.41. The predicted molar refractivity (Wildman–Crippen MR) is 75.8 cm³/mol. The normalized spacial score (nSPS) is 16.9. The molecule has 0 heterocycles. The molecule has 0 atom stereocenters. The summed E-state index contributed by atoms with van der Waals surface area (Å²) < 4.78 is 0. The van der Waals surface area contributed by atoms with Gasteiger partial charge in [0.25, 0.3) is 0 Å². The zero-order valence-electron chi connectivity index (χ0n) is 12.1. The summed E-state index contributed by atoms with van der Waals surface area (Å²) in [5.41, 5.74) is 7.18. The van der Waals surface area contributed by atoms with Gasteiger partial charge in [0.15, 0.2) is 0 Å². The average Bonchev–Trinajstić information content (AvgIpc) is 3.12. The van der Waals surface area contributed by atoms with Gasteiger partial charge in [0.2, 0.25) is 0 Å². The van der Waals surface area contributed by atoms with Crippen molar-refractivity contribution in [1.29, 1.82) is 0 Å². The lowest BCUT2D eigenvalue weighted by Gasteiger charge is -2.18. The Morgan fingerprint density at radius 3 is 2.11 bits per heavy atom. The second-order valence-electron chi connectivity index (χ2n) is 6.00. The maximum Gasteiger partial charge on any atom is 0.0499 e. The van der Waals surface area contributed by atoms with Crippen molar-refractivity contribution in [2.24, 2.45) is 5.41 Å². The Morgan fingerprint density at radius 2 is 1.67 bits per heavy atom. The highest BCUT2D eigenvalue weighted by molar-refractivity contribution is 5.43. The summed E-state index contributed by atoms with van der Waals surface area (Å²) in [4.78, 5) is 0. The van der Waals surface area contributed by atoms with E-state index >= 15 is 0 Å². The molecule has 0 aromatic heterocycles. The van der Waals surface area contributed by atoms with E-state index in [0.29, 0.717) is 6.61 Å². The summed E-state index contributed by atoms with van der Waals surface area (Å²) >= 11 is 0. The number of nitrogens with one attached hydrogen (secondary N) is 1. The highest BCUT2D eigenvalue weighted by atomic mass is 16.3. The van der Waals surface area contributed by atoms with E-state index < -0.39 is 0 Å². The fourth-order valence-electron chi connectivity index (χ4n) is 2.58. The quantitative estimate of drug-likeness (QED) is 0.838. The van der Waals surface area contributed by atoms with Gasteiger partial charge in [-0.2, -0.15) is 0 Å². The first-order valence-electron chi connectivity index (χ1n) is 6.87. The van der Waals surface area contributed by atoms with Gasteiger partial charge < -0.3 is 10.4 Å². The van der Waals surface area contributed by atoms with E-state index in [1.165, 1.54) is 40.7 Å². The number of aliphatic hydroxyl groups excluding tert-OH is 1. The van der Waals surface area contributed by atoms with Crippen LogP contribution >= 0.6 is 0 Å². The molecule has 0 amide bonds. The minimum atomic E-state index is 0.195. The number of aryl methyl sites for hydroxylation is 2. The lowest BCUT2D eigenvalue weighted by molar-refractivity contribution is 0.207. The van der Waals surface area contributed by atoms with Gasteiger partial charge in [-0.25, -0.2) is 0 Å². The number of hydrogen-bond acceptors (Lipinski definition) is 2. The third kappa shape index (κ3) is 2.60. The van der Waals surface area contributed by atoms with Crippen LogP contribution < -0.4 is 5.32 Å². The summed E-state index contributed by atoms with van der Waals surface area (Å²) in [6.45, 7) is 11.0. The fraction of sp³-hybridized carbons (Fsp3) is 0.625. The Balaban J connectivity index is 2.05. The smallest absolute Gasteiger partial charge is 0.0499 e. The van der Waals surface area contributed by atoms with E-state index in [-0.39, 0.29) is 5.41 Å². The van der Waals surface area contributed by atoms with Crippen LogP contribution in [0, 0.1) is 33.1 Å². The van der Waals surface area contributed by atoms with Crippen LogP contribution in [-0.4, -0.2) is 18.3 Å². The summed E-state index contributed by atoms with van der Waals surface area (Å²) in [5.74, 6) is 0. The summed E-state index contributed by atoms with van der Waals surface area (Å²) in [6, 6.07) is 2.27. The maximum atomic E-state index is 9.31. The summed E-state index contributed by atoms with van der Waals surface area (Å²) in [5, 5.41) is 12.8. The summed E-state index contributed by atoms with van der Waals surface area (Å²) in [6.07, 6.45) is 2.34. The predicted octanol–water partition coefficient (Wildman–Crippen LogP) is 2.78. The third-order valence-corrected chi connectivity index (χ3v) is 4.62. The first-order chi connectivity index (χ1) is 8.49. The number of rotatable bonds is 5. The largest absolute Gasteiger partial charge is 0.396 e. The molecule has 0 spiro atoms. The van der Waals surface area contributed by atoms with Crippen molar-refractivity contribution in [3.63, 3.8) is 0 Å². The van der Waals surface area contributed by atoms with Crippen molar-refractivity contribution in [3.8, 4) is 0 Å². The molecule has 100 valence electrons. The molecule has 2 nitrogen and oxygen atoms in total. The third-order valence-electron chi connectivity index (χ3n) is 4.62. The molecule has 0 radical (unpaired) electrons. The second-order valence-corrected chi connectivity index (χ2v) is 6.00. The van der Waals surface area contributed by atoms with Crippen LogP contribution in [0.5, 0.6) is 0 Å². The van der Waals surface area contributed by atoms with Gasteiger partial charge in [-0.3, -0.25) is 0 Å². The molecular formula is C16H25NO. The SMILES string of the molecule is Cc1cc(C)c(C)c(CNCC2(CO)CC2)c1C. The van der Waals surface area contributed by atoms with Crippen molar-refractivity contribution in [2.45, 2.75) is 47.1 Å². The molecule has 0 aliphatic heterocycles. The summed E-state index contributed by atoms with van der Waals surface area (Å²) in [7, 11) is 0. The molecule has 1 aliphatic carbocycles. The molecule has 1 fully saturated rings. The number of benzene rings is 1. The van der Waals surface area contributed by atoms with Gasteiger partial charge in [-0.15, -0.1) is 0 Å². The van der Waals surface area contributed by atoms with E-state index in [1.54, 1.807) is 0 Å². The van der Waals surface area contributed by atoms with E-state index in [2.05, 4.69) is 39.1 Å². The molecule has 0 saturated heterocycles. The van der Waals surface area contributed by atoms with E-state index in [0.717, 1.165) is 13.1 Å². The molecule has 2 rings (SSSR count). The molecular weight excluding hydrogens is 222 g/mol. The van der Waals surface area contributed by atoms with E-state index in [4.69, 9.17) is 0 Å². The Labute approximate surface area is 110 Å². The molecule has 1 saturated carbocycles. The molecule has 1 aromatic carbocycles. The average molecular weight is 247 g/mol. The monoisotopic (exact) mass is 247 g/mol.